The number of β-amino-alcohol motifs (C(OH)–C–C–N with tert-alkyl or cyclic N) is 1. The van der Waals surface area contributed by atoms with Crippen LogP contribution in [0.5, 0.6) is 0 Å². The van der Waals surface area contributed by atoms with Crippen molar-refractivity contribution < 1.29 is 5.11 Å². The van der Waals surface area contributed by atoms with Crippen molar-refractivity contribution in [2.75, 3.05) is 18.0 Å². The zero-order chi connectivity index (χ0) is 15.9. The average Bonchev–Trinajstić information content (AvgIpc) is 2.91. The van der Waals surface area contributed by atoms with Gasteiger partial charge in [0, 0.05) is 13.1 Å². The number of aliphatic hydroxyl groups excluding tert-OH is 1. The zero-order valence-corrected chi connectivity index (χ0v) is 13.6. The molecule has 1 aromatic heterocycles. The maximum Gasteiger partial charge on any atom is 0.291 e. The molecule has 0 amide bonds. The molecule has 1 aliphatic heterocycles. The van der Waals surface area contributed by atoms with Crippen molar-refractivity contribution in [2.45, 2.75) is 12.5 Å². The molecule has 5 nitrogen and oxygen atoms in total. The lowest BCUT2D eigenvalue weighted by atomic mass is 10.2. The molecule has 0 aliphatic carbocycles. The Bertz CT molecular complexity index is 778. The molecule has 2 heterocycles. The molecule has 1 N–H and O–H groups in total. The van der Waals surface area contributed by atoms with Crippen molar-refractivity contribution in [1.82, 2.24) is 9.78 Å². The molecular formula is C14H12Cl3N3O2. The highest BCUT2D eigenvalue weighted by Gasteiger charge is 2.22. The van der Waals surface area contributed by atoms with E-state index in [0.717, 1.165) is 16.9 Å². The number of hydrogen-bond donors (Lipinski definition) is 1. The third kappa shape index (κ3) is 2.82. The Balaban J connectivity index is 1.99. The molecule has 0 saturated carbocycles. The van der Waals surface area contributed by atoms with Gasteiger partial charge in [-0.2, -0.15) is 9.78 Å². The topological polar surface area (TPSA) is 58.4 Å². The maximum atomic E-state index is 12.1. The van der Waals surface area contributed by atoms with Gasteiger partial charge in [0.05, 0.1) is 33.7 Å². The van der Waals surface area contributed by atoms with Crippen molar-refractivity contribution >= 4 is 40.5 Å². The minimum absolute atomic E-state index is 0.0838. The normalized spacial score (nSPS) is 18.0. The van der Waals surface area contributed by atoms with E-state index < -0.39 is 5.56 Å². The van der Waals surface area contributed by atoms with Crippen LogP contribution in [0.2, 0.25) is 15.1 Å². The first-order valence-corrected chi connectivity index (χ1v) is 7.77. The van der Waals surface area contributed by atoms with E-state index in [1.54, 1.807) is 18.2 Å². The number of aromatic nitrogens is 2. The van der Waals surface area contributed by atoms with Crippen LogP contribution in [-0.2, 0) is 0 Å². The summed E-state index contributed by atoms with van der Waals surface area (Å²) < 4.78 is 1.14. The average molecular weight is 361 g/mol. The third-order valence-electron chi connectivity index (χ3n) is 3.56. The molecule has 0 unspecified atom stereocenters. The SMILES string of the molecule is O=c1c(Cl)c(Cl)cnn1-c1ccc(N2CC[C@H](O)C2)c(Cl)c1. The van der Waals surface area contributed by atoms with Crippen molar-refractivity contribution in [1.29, 1.82) is 0 Å². The van der Waals surface area contributed by atoms with Gasteiger partial charge in [-0.05, 0) is 24.6 Å². The van der Waals surface area contributed by atoms with Gasteiger partial charge in [0.25, 0.3) is 5.56 Å². The van der Waals surface area contributed by atoms with E-state index in [1.807, 2.05) is 4.90 Å². The molecule has 1 aromatic carbocycles. The standard InChI is InChI=1S/C14H12Cl3N3O2/c15-10-5-8(20-14(22)13(17)11(16)6-18-20)1-2-12(10)19-4-3-9(21)7-19/h1-2,5-6,9,21H,3-4,7H2/t9-/m0/s1. The molecule has 8 heteroatoms. The van der Waals surface area contributed by atoms with Gasteiger partial charge < -0.3 is 10.0 Å². The smallest absolute Gasteiger partial charge is 0.291 e. The minimum atomic E-state index is -0.505. The first-order valence-electron chi connectivity index (χ1n) is 6.63. The summed E-state index contributed by atoms with van der Waals surface area (Å²) in [6.07, 6.45) is 1.69. The van der Waals surface area contributed by atoms with Gasteiger partial charge in [-0.15, -0.1) is 0 Å². The number of halogens is 3. The number of benzene rings is 1. The summed E-state index contributed by atoms with van der Waals surface area (Å²) in [6, 6.07) is 5.16. The number of hydrogen-bond acceptors (Lipinski definition) is 4. The predicted octanol–water partition coefficient (Wildman–Crippen LogP) is 2.76. The molecule has 2 aromatic rings. The number of aliphatic hydroxyl groups is 1. The molecule has 0 radical (unpaired) electrons. The Kier molecular flexibility index (Phi) is 4.32. The number of anilines is 1. The summed E-state index contributed by atoms with van der Waals surface area (Å²) in [5.41, 5.74) is 0.807. The van der Waals surface area contributed by atoms with E-state index in [1.165, 1.54) is 6.20 Å². The summed E-state index contributed by atoms with van der Waals surface area (Å²) in [5, 5.41) is 14.1. The van der Waals surface area contributed by atoms with E-state index >= 15 is 0 Å². The highest BCUT2D eigenvalue weighted by molar-refractivity contribution is 6.41. The third-order valence-corrected chi connectivity index (χ3v) is 4.61. The second-order valence-electron chi connectivity index (χ2n) is 5.05. The van der Waals surface area contributed by atoms with Crippen LogP contribution in [0.15, 0.2) is 29.2 Å². The monoisotopic (exact) mass is 359 g/mol. The van der Waals surface area contributed by atoms with Crippen LogP contribution in [0.1, 0.15) is 6.42 Å². The van der Waals surface area contributed by atoms with Crippen LogP contribution in [-0.4, -0.2) is 34.1 Å². The van der Waals surface area contributed by atoms with Crippen LogP contribution < -0.4 is 10.5 Å². The van der Waals surface area contributed by atoms with Gasteiger partial charge in [0.2, 0.25) is 0 Å². The molecule has 22 heavy (non-hydrogen) atoms. The molecule has 116 valence electrons. The highest BCUT2D eigenvalue weighted by atomic mass is 35.5. The Morgan fingerprint density at radius 2 is 2.00 bits per heavy atom. The summed E-state index contributed by atoms with van der Waals surface area (Å²) in [6.45, 7) is 1.29. The fourth-order valence-corrected chi connectivity index (χ4v) is 2.99. The lowest BCUT2D eigenvalue weighted by Gasteiger charge is -2.20. The summed E-state index contributed by atoms with van der Waals surface area (Å²) in [5.74, 6) is 0. The molecule has 0 spiro atoms. The highest BCUT2D eigenvalue weighted by Crippen LogP contribution is 2.30. The molecule has 1 aliphatic rings. The van der Waals surface area contributed by atoms with Crippen LogP contribution >= 0.6 is 34.8 Å². The fourth-order valence-electron chi connectivity index (χ4n) is 2.44. The van der Waals surface area contributed by atoms with Crippen molar-refractivity contribution in [3.05, 3.63) is 49.8 Å². The quantitative estimate of drug-likeness (QED) is 0.895. The molecular weight excluding hydrogens is 349 g/mol. The predicted molar refractivity (Wildman–Crippen MR) is 87.7 cm³/mol. The maximum absolute atomic E-state index is 12.1. The van der Waals surface area contributed by atoms with Gasteiger partial charge >= 0.3 is 0 Å². The van der Waals surface area contributed by atoms with E-state index in [0.29, 0.717) is 23.7 Å². The van der Waals surface area contributed by atoms with E-state index in [4.69, 9.17) is 34.8 Å². The van der Waals surface area contributed by atoms with Crippen molar-refractivity contribution in [3.8, 4) is 5.69 Å². The zero-order valence-electron chi connectivity index (χ0n) is 11.3. The van der Waals surface area contributed by atoms with Crippen molar-refractivity contribution in [2.24, 2.45) is 0 Å². The molecule has 3 rings (SSSR count). The number of rotatable bonds is 2. The fraction of sp³-hybridized carbons (Fsp3) is 0.286. The van der Waals surface area contributed by atoms with E-state index in [9.17, 15) is 9.90 Å². The van der Waals surface area contributed by atoms with Gasteiger partial charge in [-0.3, -0.25) is 4.79 Å². The van der Waals surface area contributed by atoms with Gasteiger partial charge in [-0.1, -0.05) is 34.8 Å². The van der Waals surface area contributed by atoms with Crippen LogP contribution in [0.25, 0.3) is 5.69 Å². The van der Waals surface area contributed by atoms with Gasteiger partial charge in [0.15, 0.2) is 0 Å². The van der Waals surface area contributed by atoms with Gasteiger partial charge in [-0.25, -0.2) is 0 Å². The first kappa shape index (κ1) is 15.6. The van der Waals surface area contributed by atoms with Crippen molar-refractivity contribution in [3.63, 3.8) is 0 Å². The summed E-state index contributed by atoms with van der Waals surface area (Å²) in [7, 11) is 0. The van der Waals surface area contributed by atoms with Gasteiger partial charge in [0.1, 0.15) is 5.02 Å². The van der Waals surface area contributed by atoms with Crippen LogP contribution in [0, 0.1) is 0 Å². The summed E-state index contributed by atoms with van der Waals surface area (Å²) >= 11 is 17.9. The van der Waals surface area contributed by atoms with E-state index in [-0.39, 0.29) is 16.1 Å². The van der Waals surface area contributed by atoms with Crippen LogP contribution in [0.4, 0.5) is 5.69 Å². The lowest BCUT2D eigenvalue weighted by Crippen LogP contribution is -2.23. The van der Waals surface area contributed by atoms with Crippen LogP contribution in [0.3, 0.4) is 0 Å². The molecule has 1 atom stereocenters. The molecule has 1 saturated heterocycles. The minimum Gasteiger partial charge on any atom is -0.391 e. The largest absolute Gasteiger partial charge is 0.391 e. The Hall–Kier alpha value is -1.27. The Morgan fingerprint density at radius 3 is 2.64 bits per heavy atom. The Morgan fingerprint density at radius 1 is 1.23 bits per heavy atom. The summed E-state index contributed by atoms with van der Waals surface area (Å²) in [4.78, 5) is 14.1. The molecule has 1 fully saturated rings. The number of nitrogens with zero attached hydrogens (tertiary/aromatic N) is 3. The lowest BCUT2D eigenvalue weighted by molar-refractivity contribution is 0.198. The Labute approximate surface area is 141 Å². The molecule has 0 bridgehead atoms. The first-order chi connectivity index (χ1) is 10.5. The second kappa shape index (κ2) is 6.08. The second-order valence-corrected chi connectivity index (χ2v) is 6.24. The van der Waals surface area contributed by atoms with E-state index in [2.05, 4.69) is 5.10 Å².